The Morgan fingerprint density at radius 3 is 2.37 bits per heavy atom. The van der Waals surface area contributed by atoms with Crippen LogP contribution in [-0.2, 0) is 0 Å². The molecule has 0 aliphatic carbocycles. The lowest BCUT2D eigenvalue weighted by atomic mass is 9.96. The summed E-state index contributed by atoms with van der Waals surface area (Å²) in [5.74, 6) is -0.579. The monoisotopic (exact) mass is 374 g/mol. The van der Waals surface area contributed by atoms with Crippen LogP contribution in [0.3, 0.4) is 0 Å². The van der Waals surface area contributed by atoms with Gasteiger partial charge in [0.25, 0.3) is 5.91 Å². The second kappa shape index (κ2) is 8.95. The Morgan fingerprint density at radius 1 is 1.07 bits per heavy atom. The second-order valence-electron chi connectivity index (χ2n) is 6.75. The molecule has 1 aliphatic heterocycles. The van der Waals surface area contributed by atoms with E-state index in [0.29, 0.717) is 17.2 Å². The van der Waals surface area contributed by atoms with Crippen LogP contribution in [0.4, 0.5) is 8.78 Å². The van der Waals surface area contributed by atoms with Crippen molar-refractivity contribution in [1.29, 1.82) is 0 Å². The van der Waals surface area contributed by atoms with Gasteiger partial charge in [0.1, 0.15) is 11.5 Å². The van der Waals surface area contributed by atoms with Gasteiger partial charge < -0.3 is 15.0 Å². The van der Waals surface area contributed by atoms with E-state index < -0.39 is 11.6 Å². The minimum atomic E-state index is -0.961. The van der Waals surface area contributed by atoms with Crippen LogP contribution in [0, 0.1) is 17.6 Å². The first-order valence-electron chi connectivity index (χ1n) is 9.29. The average molecular weight is 374 g/mol. The summed E-state index contributed by atoms with van der Waals surface area (Å²) in [6.07, 6.45) is 2.02. The minimum Gasteiger partial charge on any atom is -0.457 e. The van der Waals surface area contributed by atoms with Crippen molar-refractivity contribution < 1.29 is 18.3 Å². The van der Waals surface area contributed by atoms with E-state index in [1.165, 1.54) is 6.07 Å². The molecule has 0 radical (unpaired) electrons. The molecule has 1 N–H and O–H groups in total. The van der Waals surface area contributed by atoms with E-state index in [1.54, 1.807) is 24.3 Å². The first kappa shape index (κ1) is 19.3. The first-order chi connectivity index (χ1) is 13.1. The zero-order valence-corrected chi connectivity index (χ0v) is 15.4. The number of rotatable bonds is 6. The molecule has 0 saturated carbocycles. The van der Waals surface area contributed by atoms with Crippen LogP contribution in [-0.4, -0.2) is 37.0 Å². The zero-order chi connectivity index (χ0) is 19.2. The third-order valence-electron chi connectivity index (χ3n) is 4.81. The summed E-state index contributed by atoms with van der Waals surface area (Å²) >= 11 is 0. The number of benzene rings is 2. The Balaban J connectivity index is 1.57. The molecule has 1 amide bonds. The van der Waals surface area contributed by atoms with Gasteiger partial charge in [0, 0.05) is 24.7 Å². The van der Waals surface area contributed by atoms with Crippen molar-refractivity contribution in [3.63, 3.8) is 0 Å². The quantitative estimate of drug-likeness (QED) is 0.823. The highest BCUT2D eigenvalue weighted by Crippen LogP contribution is 2.24. The van der Waals surface area contributed by atoms with Gasteiger partial charge in [-0.05, 0) is 68.2 Å². The molecule has 0 atom stereocenters. The molecule has 27 heavy (non-hydrogen) atoms. The normalized spacial score (nSPS) is 15.0. The number of likely N-dealkylation sites (tertiary alicyclic amines) is 1. The Labute approximate surface area is 158 Å². The van der Waals surface area contributed by atoms with Crippen LogP contribution in [0.2, 0.25) is 0 Å². The fourth-order valence-corrected chi connectivity index (χ4v) is 3.21. The molecule has 4 nitrogen and oxygen atoms in total. The van der Waals surface area contributed by atoms with Gasteiger partial charge in [-0.3, -0.25) is 4.79 Å². The Morgan fingerprint density at radius 2 is 1.74 bits per heavy atom. The average Bonchev–Trinajstić information content (AvgIpc) is 2.70. The van der Waals surface area contributed by atoms with Gasteiger partial charge in [0.15, 0.2) is 11.6 Å². The molecule has 2 aromatic rings. The third-order valence-corrected chi connectivity index (χ3v) is 4.81. The lowest BCUT2D eigenvalue weighted by Crippen LogP contribution is -2.40. The Bertz CT molecular complexity index is 772. The molecule has 1 heterocycles. The molecule has 1 saturated heterocycles. The summed E-state index contributed by atoms with van der Waals surface area (Å²) in [5.41, 5.74) is 0.595. The van der Waals surface area contributed by atoms with Crippen LogP contribution in [0.25, 0.3) is 0 Å². The molecule has 6 heteroatoms. The number of nitrogens with zero attached hydrogens (tertiary/aromatic N) is 1. The largest absolute Gasteiger partial charge is 0.457 e. The van der Waals surface area contributed by atoms with E-state index in [-0.39, 0.29) is 11.7 Å². The number of piperidine rings is 1. The van der Waals surface area contributed by atoms with Gasteiger partial charge in [0.2, 0.25) is 0 Å². The van der Waals surface area contributed by atoms with Crippen molar-refractivity contribution in [1.82, 2.24) is 10.2 Å². The highest BCUT2D eigenvalue weighted by atomic mass is 19.2. The Hall–Kier alpha value is -2.47. The van der Waals surface area contributed by atoms with Crippen LogP contribution in [0.15, 0.2) is 42.5 Å². The number of hydrogen-bond donors (Lipinski definition) is 1. The predicted octanol–water partition coefficient (Wildman–Crippen LogP) is 4.22. The maximum Gasteiger partial charge on any atom is 0.253 e. The second-order valence-corrected chi connectivity index (χ2v) is 6.75. The van der Waals surface area contributed by atoms with E-state index in [0.717, 1.165) is 51.2 Å². The number of carbonyl (C=O) groups excluding carboxylic acids is 1. The van der Waals surface area contributed by atoms with E-state index in [1.807, 2.05) is 4.90 Å². The molecule has 0 spiro atoms. The molecule has 1 aliphatic rings. The van der Waals surface area contributed by atoms with Crippen molar-refractivity contribution in [2.24, 2.45) is 5.92 Å². The van der Waals surface area contributed by atoms with Gasteiger partial charge in [-0.2, -0.15) is 0 Å². The van der Waals surface area contributed by atoms with Gasteiger partial charge >= 0.3 is 0 Å². The number of nitrogens with one attached hydrogen (secondary N) is 1. The van der Waals surface area contributed by atoms with Gasteiger partial charge in [-0.1, -0.05) is 6.92 Å². The summed E-state index contributed by atoms with van der Waals surface area (Å²) in [5, 5.41) is 3.36. The molecule has 2 aromatic carbocycles. The summed E-state index contributed by atoms with van der Waals surface area (Å²) in [6, 6.07) is 10.1. The number of halogens is 2. The smallest absolute Gasteiger partial charge is 0.253 e. The molecule has 3 rings (SSSR count). The fraction of sp³-hybridized carbons (Fsp3) is 0.381. The van der Waals surface area contributed by atoms with Gasteiger partial charge in [0.05, 0.1) is 0 Å². The zero-order valence-electron chi connectivity index (χ0n) is 15.4. The van der Waals surface area contributed by atoms with Crippen LogP contribution in [0.5, 0.6) is 11.5 Å². The summed E-state index contributed by atoms with van der Waals surface area (Å²) < 4.78 is 31.7. The Kier molecular flexibility index (Phi) is 6.40. The summed E-state index contributed by atoms with van der Waals surface area (Å²) in [6.45, 7) is 5.61. The molecule has 0 aromatic heterocycles. The van der Waals surface area contributed by atoms with Gasteiger partial charge in [-0.15, -0.1) is 0 Å². The van der Waals surface area contributed by atoms with E-state index in [9.17, 15) is 13.6 Å². The maximum absolute atomic E-state index is 13.2. The lowest BCUT2D eigenvalue weighted by molar-refractivity contribution is 0.0690. The van der Waals surface area contributed by atoms with Crippen molar-refractivity contribution in [2.45, 2.75) is 19.8 Å². The van der Waals surface area contributed by atoms with E-state index >= 15 is 0 Å². The first-order valence-corrected chi connectivity index (χ1v) is 9.29. The standard InChI is InChI=1S/C21H24F2N2O2/c1-2-24-14-15-9-11-25(12-10-15)21(26)16-3-5-17(6-4-16)27-18-7-8-19(22)20(23)13-18/h3-8,13,15,24H,2,9-12,14H2,1H3. The molecule has 1 fully saturated rings. The van der Waals surface area contributed by atoms with Crippen LogP contribution in [0.1, 0.15) is 30.1 Å². The van der Waals surface area contributed by atoms with E-state index in [2.05, 4.69) is 12.2 Å². The molecular weight excluding hydrogens is 350 g/mol. The SMILES string of the molecule is CCNCC1CCN(C(=O)c2ccc(Oc3ccc(F)c(F)c3)cc2)CC1. The lowest BCUT2D eigenvalue weighted by Gasteiger charge is -2.32. The molecular formula is C21H24F2N2O2. The highest BCUT2D eigenvalue weighted by molar-refractivity contribution is 5.94. The summed E-state index contributed by atoms with van der Waals surface area (Å²) in [7, 11) is 0. The van der Waals surface area contributed by atoms with Crippen molar-refractivity contribution in [2.75, 3.05) is 26.2 Å². The van der Waals surface area contributed by atoms with E-state index in [4.69, 9.17) is 4.74 Å². The number of carbonyl (C=O) groups is 1. The fourth-order valence-electron chi connectivity index (χ4n) is 3.21. The highest BCUT2D eigenvalue weighted by Gasteiger charge is 2.23. The number of hydrogen-bond acceptors (Lipinski definition) is 3. The van der Waals surface area contributed by atoms with Crippen molar-refractivity contribution >= 4 is 5.91 Å². The number of amides is 1. The molecule has 0 unspecified atom stereocenters. The topological polar surface area (TPSA) is 41.6 Å². The molecule has 0 bridgehead atoms. The number of ether oxygens (including phenoxy) is 1. The maximum atomic E-state index is 13.2. The van der Waals surface area contributed by atoms with Gasteiger partial charge in [-0.25, -0.2) is 8.78 Å². The van der Waals surface area contributed by atoms with Crippen molar-refractivity contribution in [3.05, 3.63) is 59.7 Å². The predicted molar refractivity (Wildman–Crippen MR) is 100 cm³/mol. The molecule has 144 valence electrons. The third kappa shape index (κ3) is 5.04. The minimum absolute atomic E-state index is 0.0104. The van der Waals surface area contributed by atoms with Crippen LogP contribution >= 0.6 is 0 Å². The van der Waals surface area contributed by atoms with Crippen molar-refractivity contribution in [3.8, 4) is 11.5 Å². The van der Waals surface area contributed by atoms with Crippen LogP contribution < -0.4 is 10.1 Å². The summed E-state index contributed by atoms with van der Waals surface area (Å²) in [4.78, 5) is 14.5.